The lowest BCUT2D eigenvalue weighted by Crippen LogP contribution is -2.20. The van der Waals surface area contributed by atoms with Gasteiger partial charge in [0.2, 0.25) is 5.95 Å². The van der Waals surface area contributed by atoms with Crippen molar-refractivity contribution in [3.05, 3.63) is 42.4 Å². The number of aromatic nitrogens is 3. The van der Waals surface area contributed by atoms with Crippen molar-refractivity contribution in [3.8, 4) is 5.75 Å². The molecule has 1 atom stereocenters. The van der Waals surface area contributed by atoms with E-state index < -0.39 is 0 Å². The molecule has 0 aliphatic heterocycles. The number of hydrogen-bond donors (Lipinski definition) is 3. The smallest absolute Gasteiger partial charge is 0.222 e. The van der Waals surface area contributed by atoms with Crippen LogP contribution in [0.25, 0.3) is 5.70 Å². The van der Waals surface area contributed by atoms with E-state index in [1.807, 2.05) is 18.2 Å². The average molecular weight is 356 g/mol. The molecule has 0 saturated heterocycles. The Morgan fingerprint density at radius 1 is 1.31 bits per heavy atom. The Morgan fingerprint density at radius 3 is 2.81 bits per heavy atom. The van der Waals surface area contributed by atoms with E-state index in [0.29, 0.717) is 29.0 Å². The predicted octanol–water partition coefficient (Wildman–Crippen LogP) is 3.34. The van der Waals surface area contributed by atoms with Gasteiger partial charge >= 0.3 is 0 Å². The standard InChI is InChI=1S/C19H28N6O/c1-4-6-8-14(5-2)24-18-17(11-22-19(21)25-18)26-12-15-9-7-10-16(23-15)13(3)20/h7,9-11,14H,3-6,8,12,20H2,1-2H3,(H3,21,22,24,25). The van der Waals surface area contributed by atoms with Crippen LogP contribution in [0, 0.1) is 0 Å². The number of pyridine rings is 1. The lowest BCUT2D eigenvalue weighted by molar-refractivity contribution is 0.300. The van der Waals surface area contributed by atoms with Gasteiger partial charge in [-0.3, -0.25) is 0 Å². The summed E-state index contributed by atoms with van der Waals surface area (Å²) in [5.41, 5.74) is 13.3. The molecule has 0 aliphatic rings. The SMILES string of the molecule is C=C(N)c1cccc(COc2cnc(N)nc2NC(CC)CCCC)n1. The van der Waals surface area contributed by atoms with E-state index in [1.165, 1.54) is 0 Å². The van der Waals surface area contributed by atoms with Gasteiger partial charge < -0.3 is 21.5 Å². The summed E-state index contributed by atoms with van der Waals surface area (Å²) in [5, 5.41) is 3.43. The highest BCUT2D eigenvalue weighted by atomic mass is 16.5. The molecular formula is C19H28N6O. The number of nitrogen functional groups attached to an aromatic ring is 1. The van der Waals surface area contributed by atoms with Crippen LogP contribution >= 0.6 is 0 Å². The van der Waals surface area contributed by atoms with Gasteiger partial charge in [0.25, 0.3) is 0 Å². The molecule has 140 valence electrons. The molecule has 0 aromatic carbocycles. The van der Waals surface area contributed by atoms with Crippen molar-refractivity contribution < 1.29 is 4.74 Å². The Bertz CT molecular complexity index is 734. The fraction of sp³-hybridized carbons (Fsp3) is 0.421. The Balaban J connectivity index is 2.11. The van der Waals surface area contributed by atoms with Gasteiger partial charge in [-0.2, -0.15) is 4.98 Å². The Labute approximate surface area is 154 Å². The topological polar surface area (TPSA) is 112 Å². The zero-order chi connectivity index (χ0) is 18.9. The first-order valence-corrected chi connectivity index (χ1v) is 8.96. The van der Waals surface area contributed by atoms with Gasteiger partial charge in [-0.15, -0.1) is 0 Å². The van der Waals surface area contributed by atoms with E-state index >= 15 is 0 Å². The third-order valence-corrected chi connectivity index (χ3v) is 4.02. The second-order valence-corrected chi connectivity index (χ2v) is 6.16. The molecule has 0 spiro atoms. The number of anilines is 2. The van der Waals surface area contributed by atoms with Crippen LogP contribution in [0.2, 0.25) is 0 Å². The average Bonchev–Trinajstić information content (AvgIpc) is 2.64. The second-order valence-electron chi connectivity index (χ2n) is 6.16. The molecule has 26 heavy (non-hydrogen) atoms. The van der Waals surface area contributed by atoms with E-state index in [-0.39, 0.29) is 12.6 Å². The minimum atomic E-state index is 0.213. The van der Waals surface area contributed by atoms with Crippen molar-refractivity contribution in [2.45, 2.75) is 52.2 Å². The van der Waals surface area contributed by atoms with Crippen molar-refractivity contribution in [3.63, 3.8) is 0 Å². The van der Waals surface area contributed by atoms with Crippen LogP contribution in [0.4, 0.5) is 11.8 Å². The molecular weight excluding hydrogens is 328 g/mol. The van der Waals surface area contributed by atoms with E-state index in [1.54, 1.807) is 6.20 Å². The molecule has 0 radical (unpaired) electrons. The van der Waals surface area contributed by atoms with Gasteiger partial charge in [-0.25, -0.2) is 9.97 Å². The van der Waals surface area contributed by atoms with Gasteiger partial charge in [0.1, 0.15) is 6.61 Å². The third kappa shape index (κ3) is 5.61. The normalized spacial score (nSPS) is 11.8. The number of unbranched alkanes of at least 4 members (excludes halogenated alkanes) is 1. The van der Waals surface area contributed by atoms with Crippen LogP contribution in [0.5, 0.6) is 5.75 Å². The Kier molecular flexibility index (Phi) is 7.20. The fourth-order valence-electron chi connectivity index (χ4n) is 2.51. The predicted molar refractivity (Wildman–Crippen MR) is 105 cm³/mol. The quantitative estimate of drug-likeness (QED) is 0.598. The summed E-state index contributed by atoms with van der Waals surface area (Å²) < 4.78 is 5.89. The van der Waals surface area contributed by atoms with E-state index in [9.17, 15) is 0 Å². The zero-order valence-electron chi connectivity index (χ0n) is 15.5. The number of nitrogens with zero attached hydrogens (tertiary/aromatic N) is 3. The molecule has 0 aliphatic carbocycles. The maximum atomic E-state index is 5.89. The van der Waals surface area contributed by atoms with Crippen LogP contribution in [0.15, 0.2) is 31.0 Å². The van der Waals surface area contributed by atoms with E-state index in [0.717, 1.165) is 31.4 Å². The summed E-state index contributed by atoms with van der Waals surface area (Å²) in [6.07, 6.45) is 5.96. The molecule has 0 saturated carbocycles. The van der Waals surface area contributed by atoms with Crippen molar-refractivity contribution in [2.24, 2.45) is 5.73 Å². The first-order valence-electron chi connectivity index (χ1n) is 8.96. The van der Waals surface area contributed by atoms with Gasteiger partial charge in [0, 0.05) is 6.04 Å². The van der Waals surface area contributed by atoms with Gasteiger partial charge in [-0.05, 0) is 25.0 Å². The Hall–Kier alpha value is -2.83. The first kappa shape index (κ1) is 19.5. The third-order valence-electron chi connectivity index (χ3n) is 4.02. The first-order chi connectivity index (χ1) is 12.5. The lowest BCUT2D eigenvalue weighted by atomic mass is 10.1. The van der Waals surface area contributed by atoms with Crippen LogP contribution in [-0.4, -0.2) is 21.0 Å². The van der Waals surface area contributed by atoms with Crippen LogP contribution in [0.1, 0.15) is 50.9 Å². The maximum Gasteiger partial charge on any atom is 0.222 e. The van der Waals surface area contributed by atoms with Crippen LogP contribution < -0.4 is 21.5 Å². The molecule has 7 heteroatoms. The highest BCUT2D eigenvalue weighted by Gasteiger charge is 2.13. The number of hydrogen-bond acceptors (Lipinski definition) is 7. The molecule has 2 aromatic rings. The summed E-state index contributed by atoms with van der Waals surface area (Å²) in [6.45, 7) is 8.31. The molecule has 2 aromatic heterocycles. The van der Waals surface area contributed by atoms with Crippen molar-refractivity contribution >= 4 is 17.5 Å². The molecule has 0 fully saturated rings. The van der Waals surface area contributed by atoms with E-state index in [4.69, 9.17) is 16.2 Å². The minimum absolute atomic E-state index is 0.213. The molecule has 0 amide bonds. The highest BCUT2D eigenvalue weighted by molar-refractivity contribution is 5.56. The minimum Gasteiger partial charge on any atom is -0.482 e. The maximum absolute atomic E-state index is 5.89. The summed E-state index contributed by atoms with van der Waals surface area (Å²) in [6, 6.07) is 5.86. The van der Waals surface area contributed by atoms with E-state index in [2.05, 4.69) is 40.7 Å². The van der Waals surface area contributed by atoms with Crippen molar-refractivity contribution in [1.29, 1.82) is 0 Å². The van der Waals surface area contributed by atoms with Gasteiger partial charge in [-0.1, -0.05) is 39.3 Å². The zero-order valence-corrected chi connectivity index (χ0v) is 15.5. The molecule has 1 unspecified atom stereocenters. The monoisotopic (exact) mass is 356 g/mol. The Morgan fingerprint density at radius 2 is 2.12 bits per heavy atom. The number of nitrogens with one attached hydrogen (secondary N) is 1. The van der Waals surface area contributed by atoms with Gasteiger partial charge in [0.15, 0.2) is 11.6 Å². The molecule has 0 bridgehead atoms. The fourth-order valence-corrected chi connectivity index (χ4v) is 2.51. The summed E-state index contributed by atoms with van der Waals surface area (Å²) in [5.74, 6) is 1.37. The lowest BCUT2D eigenvalue weighted by Gasteiger charge is -2.19. The van der Waals surface area contributed by atoms with Crippen LogP contribution in [0.3, 0.4) is 0 Å². The van der Waals surface area contributed by atoms with Crippen molar-refractivity contribution in [1.82, 2.24) is 15.0 Å². The second kappa shape index (κ2) is 9.60. The molecule has 5 N–H and O–H groups in total. The number of ether oxygens (including phenoxy) is 1. The van der Waals surface area contributed by atoms with Crippen LogP contribution in [-0.2, 0) is 6.61 Å². The summed E-state index contributed by atoms with van der Waals surface area (Å²) >= 11 is 0. The van der Waals surface area contributed by atoms with Crippen molar-refractivity contribution in [2.75, 3.05) is 11.1 Å². The largest absolute Gasteiger partial charge is 0.482 e. The molecule has 7 nitrogen and oxygen atoms in total. The summed E-state index contributed by atoms with van der Waals surface area (Å²) in [4.78, 5) is 12.8. The van der Waals surface area contributed by atoms with Gasteiger partial charge in [0.05, 0.1) is 23.3 Å². The molecule has 2 rings (SSSR count). The summed E-state index contributed by atoms with van der Waals surface area (Å²) in [7, 11) is 0. The number of nitrogens with two attached hydrogens (primary N) is 2. The highest BCUT2D eigenvalue weighted by Crippen LogP contribution is 2.25. The number of rotatable bonds is 10. The molecule has 2 heterocycles.